The molecule has 3 aromatic carbocycles. The summed E-state index contributed by atoms with van der Waals surface area (Å²) in [5, 5.41) is 2.44. The van der Waals surface area contributed by atoms with Crippen LogP contribution in [-0.4, -0.2) is 30.0 Å². The molecule has 1 saturated heterocycles. The fourth-order valence-corrected chi connectivity index (χ4v) is 3.96. The minimum absolute atomic E-state index is 0.0988. The Labute approximate surface area is 166 Å². The summed E-state index contributed by atoms with van der Waals surface area (Å²) in [6.45, 7) is 1.94. The SMILES string of the molecule is O=C(CCCN1CCCCC1Oc1ccc2ccccc2c1)c1ccccc1. The number of carbonyl (C=O) groups is 1. The molecule has 1 aliphatic heterocycles. The molecule has 1 unspecified atom stereocenters. The van der Waals surface area contributed by atoms with Gasteiger partial charge in [-0.05, 0) is 48.6 Å². The number of ketones is 1. The Balaban J connectivity index is 1.35. The van der Waals surface area contributed by atoms with Crippen molar-refractivity contribution in [1.29, 1.82) is 0 Å². The van der Waals surface area contributed by atoms with Gasteiger partial charge >= 0.3 is 0 Å². The summed E-state index contributed by atoms with van der Waals surface area (Å²) in [5.41, 5.74) is 0.810. The number of carbonyl (C=O) groups excluding carboxylic acids is 1. The van der Waals surface area contributed by atoms with Gasteiger partial charge in [0.25, 0.3) is 0 Å². The van der Waals surface area contributed by atoms with E-state index in [9.17, 15) is 4.79 Å². The first-order valence-corrected chi connectivity index (χ1v) is 10.3. The van der Waals surface area contributed by atoms with Crippen molar-refractivity contribution in [3.63, 3.8) is 0 Å². The van der Waals surface area contributed by atoms with E-state index in [2.05, 4.69) is 47.4 Å². The number of likely N-dealkylation sites (tertiary alicyclic amines) is 1. The van der Waals surface area contributed by atoms with E-state index in [1.165, 1.54) is 23.6 Å². The van der Waals surface area contributed by atoms with E-state index in [-0.39, 0.29) is 12.0 Å². The fraction of sp³-hybridized carbons (Fsp3) is 0.320. The largest absolute Gasteiger partial charge is 0.475 e. The molecule has 4 rings (SSSR count). The van der Waals surface area contributed by atoms with Crippen LogP contribution in [0.5, 0.6) is 5.75 Å². The van der Waals surface area contributed by atoms with E-state index in [1.807, 2.05) is 30.3 Å². The van der Waals surface area contributed by atoms with Gasteiger partial charge in [-0.25, -0.2) is 0 Å². The van der Waals surface area contributed by atoms with E-state index in [0.717, 1.165) is 37.2 Å². The summed E-state index contributed by atoms with van der Waals surface area (Å²) in [7, 11) is 0. The maximum absolute atomic E-state index is 12.3. The molecule has 1 atom stereocenters. The zero-order valence-electron chi connectivity index (χ0n) is 16.2. The highest BCUT2D eigenvalue weighted by molar-refractivity contribution is 5.95. The summed E-state index contributed by atoms with van der Waals surface area (Å²) in [6.07, 6.45) is 4.98. The zero-order valence-corrected chi connectivity index (χ0v) is 16.2. The molecule has 0 radical (unpaired) electrons. The van der Waals surface area contributed by atoms with Crippen molar-refractivity contribution in [3.05, 3.63) is 78.4 Å². The number of hydrogen-bond acceptors (Lipinski definition) is 3. The van der Waals surface area contributed by atoms with Crippen molar-refractivity contribution >= 4 is 16.6 Å². The molecule has 3 heteroatoms. The van der Waals surface area contributed by atoms with Crippen molar-refractivity contribution in [3.8, 4) is 5.75 Å². The smallest absolute Gasteiger partial charge is 0.162 e. The second-order valence-electron chi connectivity index (χ2n) is 7.51. The number of piperidine rings is 1. The van der Waals surface area contributed by atoms with E-state index >= 15 is 0 Å². The number of benzene rings is 3. The van der Waals surface area contributed by atoms with Crippen LogP contribution in [0.25, 0.3) is 10.8 Å². The number of ether oxygens (including phenoxy) is 1. The topological polar surface area (TPSA) is 29.5 Å². The van der Waals surface area contributed by atoms with E-state index in [0.29, 0.717) is 6.42 Å². The van der Waals surface area contributed by atoms with Gasteiger partial charge in [0.2, 0.25) is 0 Å². The lowest BCUT2D eigenvalue weighted by molar-refractivity contribution is -0.00443. The lowest BCUT2D eigenvalue weighted by atomic mass is 10.1. The van der Waals surface area contributed by atoms with Gasteiger partial charge in [-0.3, -0.25) is 9.69 Å². The molecule has 3 aromatic rings. The van der Waals surface area contributed by atoms with Gasteiger partial charge in [0.1, 0.15) is 5.75 Å². The first-order valence-electron chi connectivity index (χ1n) is 10.3. The molecule has 0 N–H and O–H groups in total. The van der Waals surface area contributed by atoms with Crippen molar-refractivity contribution in [2.24, 2.45) is 0 Å². The Morgan fingerprint density at radius 1 is 0.929 bits per heavy atom. The molecule has 0 aliphatic carbocycles. The normalized spacial score (nSPS) is 17.5. The molecule has 3 nitrogen and oxygen atoms in total. The molecule has 1 heterocycles. The van der Waals surface area contributed by atoms with E-state index in [4.69, 9.17) is 4.74 Å². The summed E-state index contributed by atoms with van der Waals surface area (Å²) in [4.78, 5) is 14.7. The fourth-order valence-electron chi connectivity index (χ4n) is 3.96. The van der Waals surface area contributed by atoms with Gasteiger partial charge in [0.15, 0.2) is 12.0 Å². The second kappa shape index (κ2) is 9.03. The highest BCUT2D eigenvalue weighted by Crippen LogP contribution is 2.25. The quantitative estimate of drug-likeness (QED) is 0.498. The van der Waals surface area contributed by atoms with Gasteiger partial charge in [-0.1, -0.05) is 60.7 Å². The maximum atomic E-state index is 12.3. The lowest BCUT2D eigenvalue weighted by Crippen LogP contribution is -2.43. The minimum Gasteiger partial charge on any atom is -0.475 e. The molecule has 0 aromatic heterocycles. The minimum atomic E-state index is 0.0988. The van der Waals surface area contributed by atoms with Crippen molar-refractivity contribution in [2.45, 2.75) is 38.3 Å². The predicted octanol–water partition coefficient (Wildman–Crippen LogP) is 5.69. The monoisotopic (exact) mass is 373 g/mol. The average molecular weight is 373 g/mol. The van der Waals surface area contributed by atoms with E-state index in [1.54, 1.807) is 0 Å². The van der Waals surface area contributed by atoms with Crippen LogP contribution in [0.3, 0.4) is 0 Å². The van der Waals surface area contributed by atoms with Gasteiger partial charge in [0.05, 0.1) is 0 Å². The van der Waals surface area contributed by atoms with Gasteiger partial charge in [0, 0.05) is 25.1 Å². The van der Waals surface area contributed by atoms with Crippen LogP contribution in [-0.2, 0) is 0 Å². The van der Waals surface area contributed by atoms with Crippen LogP contribution < -0.4 is 4.74 Å². The Hall–Kier alpha value is -2.65. The van der Waals surface area contributed by atoms with Gasteiger partial charge in [-0.15, -0.1) is 0 Å². The summed E-state index contributed by atoms with van der Waals surface area (Å²) < 4.78 is 6.36. The van der Waals surface area contributed by atoms with Gasteiger partial charge in [-0.2, -0.15) is 0 Å². The van der Waals surface area contributed by atoms with Crippen LogP contribution in [0.2, 0.25) is 0 Å². The standard InChI is InChI=1S/C25H27NO2/c27-24(21-10-2-1-3-11-21)13-8-18-26-17-7-6-14-25(26)28-23-16-15-20-9-4-5-12-22(20)19-23/h1-5,9-12,15-16,19,25H,6-8,13-14,17-18H2. The highest BCUT2D eigenvalue weighted by atomic mass is 16.5. The first-order chi connectivity index (χ1) is 13.8. The molecular weight excluding hydrogens is 346 g/mol. The van der Waals surface area contributed by atoms with Crippen molar-refractivity contribution in [1.82, 2.24) is 4.90 Å². The summed E-state index contributed by atoms with van der Waals surface area (Å²) in [6, 6.07) is 24.3. The molecule has 0 spiro atoms. The van der Waals surface area contributed by atoms with Crippen LogP contribution in [0.15, 0.2) is 72.8 Å². The van der Waals surface area contributed by atoms with Crippen molar-refractivity contribution < 1.29 is 9.53 Å². The third kappa shape index (κ3) is 4.60. The Morgan fingerprint density at radius 3 is 2.57 bits per heavy atom. The number of hydrogen-bond donors (Lipinski definition) is 0. The van der Waals surface area contributed by atoms with Crippen LogP contribution in [0.4, 0.5) is 0 Å². The van der Waals surface area contributed by atoms with Gasteiger partial charge < -0.3 is 4.74 Å². The molecular formula is C25H27NO2. The second-order valence-corrected chi connectivity index (χ2v) is 7.51. The third-order valence-corrected chi connectivity index (χ3v) is 5.49. The molecule has 1 aliphatic rings. The molecule has 0 amide bonds. The van der Waals surface area contributed by atoms with E-state index < -0.39 is 0 Å². The maximum Gasteiger partial charge on any atom is 0.162 e. The molecule has 0 saturated carbocycles. The molecule has 0 bridgehead atoms. The number of Topliss-reactive ketones (excluding diaryl/α,β-unsaturated/α-hetero) is 1. The number of fused-ring (bicyclic) bond motifs is 1. The average Bonchev–Trinajstić information content (AvgIpc) is 2.75. The predicted molar refractivity (Wildman–Crippen MR) is 114 cm³/mol. The molecule has 1 fully saturated rings. The Bertz CT molecular complexity index is 922. The summed E-state index contributed by atoms with van der Waals surface area (Å²) >= 11 is 0. The van der Waals surface area contributed by atoms with Crippen LogP contribution in [0.1, 0.15) is 42.5 Å². The molecule has 28 heavy (non-hydrogen) atoms. The highest BCUT2D eigenvalue weighted by Gasteiger charge is 2.24. The third-order valence-electron chi connectivity index (χ3n) is 5.49. The lowest BCUT2D eigenvalue weighted by Gasteiger charge is -2.35. The first kappa shape index (κ1) is 18.7. The van der Waals surface area contributed by atoms with Crippen LogP contribution >= 0.6 is 0 Å². The summed E-state index contributed by atoms with van der Waals surface area (Å²) in [5.74, 6) is 1.15. The number of nitrogens with zero attached hydrogens (tertiary/aromatic N) is 1. The van der Waals surface area contributed by atoms with Crippen molar-refractivity contribution in [2.75, 3.05) is 13.1 Å². The Kier molecular flexibility index (Phi) is 6.03. The van der Waals surface area contributed by atoms with Crippen LogP contribution in [0, 0.1) is 0 Å². The Morgan fingerprint density at radius 2 is 1.71 bits per heavy atom. The zero-order chi connectivity index (χ0) is 19.2. The molecule has 144 valence electrons. The number of rotatable bonds is 7.